The average molecular weight is 481 g/mol. The molecule has 1 saturated carbocycles. The highest BCUT2D eigenvalue weighted by molar-refractivity contribution is 14.0. The van der Waals surface area contributed by atoms with E-state index in [0.29, 0.717) is 5.92 Å². The van der Waals surface area contributed by atoms with Gasteiger partial charge in [-0.25, -0.2) is 0 Å². The second kappa shape index (κ2) is 14.9. The van der Waals surface area contributed by atoms with Gasteiger partial charge in [0.15, 0.2) is 5.96 Å². The highest BCUT2D eigenvalue weighted by atomic mass is 127. The van der Waals surface area contributed by atoms with Crippen molar-refractivity contribution in [3.05, 3.63) is 0 Å². The molecule has 0 aromatic heterocycles. The maximum atomic E-state index is 5.83. The highest BCUT2D eigenvalue weighted by Gasteiger charge is 2.20. The van der Waals surface area contributed by atoms with E-state index in [0.717, 1.165) is 83.1 Å². The normalized spacial score (nSPS) is 24.8. The fourth-order valence-corrected chi connectivity index (χ4v) is 3.76. The Labute approximate surface area is 177 Å². The smallest absolute Gasteiger partial charge is 0.191 e. The third-order valence-electron chi connectivity index (χ3n) is 5.57. The number of hydrogen-bond acceptors (Lipinski definition) is 3. The maximum absolute atomic E-state index is 5.83. The molecule has 2 fully saturated rings. The summed E-state index contributed by atoms with van der Waals surface area (Å²) in [4.78, 5) is 4.82. The molecule has 2 N–H and O–H groups in total. The van der Waals surface area contributed by atoms with E-state index in [1.807, 2.05) is 0 Å². The molecular formula is C20H40IN3O2. The molecule has 0 spiro atoms. The summed E-state index contributed by atoms with van der Waals surface area (Å²) in [6, 6.07) is 0. The van der Waals surface area contributed by atoms with E-state index in [1.54, 1.807) is 0 Å². The van der Waals surface area contributed by atoms with Crippen LogP contribution in [0.2, 0.25) is 0 Å². The number of aliphatic imine (C=N–C) groups is 1. The molecule has 5 nitrogen and oxygen atoms in total. The number of guanidine groups is 1. The molecule has 0 bridgehead atoms. The maximum Gasteiger partial charge on any atom is 0.191 e. The SMILES string of the molecule is CCNC(=NCC1CCCCC1C)NCCCOCC1CCOCC1.I. The predicted molar refractivity (Wildman–Crippen MR) is 119 cm³/mol. The zero-order valence-corrected chi connectivity index (χ0v) is 19.1. The van der Waals surface area contributed by atoms with Gasteiger partial charge in [0.25, 0.3) is 0 Å². The van der Waals surface area contributed by atoms with Crippen molar-refractivity contribution in [3.8, 4) is 0 Å². The van der Waals surface area contributed by atoms with Crippen LogP contribution in [0.5, 0.6) is 0 Å². The fourth-order valence-electron chi connectivity index (χ4n) is 3.76. The third kappa shape index (κ3) is 9.74. The van der Waals surface area contributed by atoms with Crippen LogP contribution in [0.4, 0.5) is 0 Å². The van der Waals surface area contributed by atoms with Crippen LogP contribution in [0.15, 0.2) is 4.99 Å². The molecule has 2 rings (SSSR count). The van der Waals surface area contributed by atoms with Crippen molar-refractivity contribution in [2.24, 2.45) is 22.7 Å². The molecule has 154 valence electrons. The van der Waals surface area contributed by atoms with Crippen LogP contribution in [0, 0.1) is 17.8 Å². The molecule has 1 saturated heterocycles. The Morgan fingerprint density at radius 1 is 1.12 bits per heavy atom. The average Bonchev–Trinajstić information content (AvgIpc) is 2.64. The van der Waals surface area contributed by atoms with Gasteiger partial charge in [0.05, 0.1) is 0 Å². The van der Waals surface area contributed by atoms with Gasteiger partial charge >= 0.3 is 0 Å². The Morgan fingerprint density at radius 3 is 2.62 bits per heavy atom. The molecular weight excluding hydrogens is 441 g/mol. The highest BCUT2D eigenvalue weighted by Crippen LogP contribution is 2.29. The predicted octanol–water partition coefficient (Wildman–Crippen LogP) is 3.82. The molecule has 1 heterocycles. The first-order chi connectivity index (χ1) is 12.3. The van der Waals surface area contributed by atoms with Crippen molar-refractivity contribution in [3.63, 3.8) is 0 Å². The Hall–Kier alpha value is -0.0800. The largest absolute Gasteiger partial charge is 0.381 e. The van der Waals surface area contributed by atoms with E-state index < -0.39 is 0 Å². The summed E-state index contributed by atoms with van der Waals surface area (Å²) in [7, 11) is 0. The van der Waals surface area contributed by atoms with E-state index in [4.69, 9.17) is 14.5 Å². The van der Waals surface area contributed by atoms with Gasteiger partial charge in [-0.05, 0) is 50.4 Å². The number of rotatable bonds is 9. The van der Waals surface area contributed by atoms with Gasteiger partial charge in [-0.15, -0.1) is 24.0 Å². The van der Waals surface area contributed by atoms with Gasteiger partial charge in [0, 0.05) is 46.1 Å². The van der Waals surface area contributed by atoms with Gasteiger partial charge in [-0.3, -0.25) is 4.99 Å². The standard InChI is InChI=1S/C20H39N3O2.HI/c1-3-21-20(23-15-19-8-5-4-7-17(19)2)22-11-6-12-25-16-18-9-13-24-14-10-18;/h17-19H,3-16H2,1-2H3,(H2,21,22,23);1H. The first-order valence-electron chi connectivity index (χ1n) is 10.5. The van der Waals surface area contributed by atoms with Crippen molar-refractivity contribution in [1.82, 2.24) is 10.6 Å². The van der Waals surface area contributed by atoms with E-state index in [1.165, 1.54) is 25.7 Å². The van der Waals surface area contributed by atoms with E-state index >= 15 is 0 Å². The van der Waals surface area contributed by atoms with Crippen molar-refractivity contribution in [2.45, 2.75) is 58.8 Å². The quantitative estimate of drug-likeness (QED) is 0.228. The minimum atomic E-state index is 0. The summed E-state index contributed by atoms with van der Waals surface area (Å²) in [6.07, 6.45) is 8.79. The summed E-state index contributed by atoms with van der Waals surface area (Å²) in [5.74, 6) is 3.23. The second-order valence-electron chi connectivity index (χ2n) is 7.65. The van der Waals surface area contributed by atoms with Crippen LogP contribution in [-0.4, -0.2) is 52.0 Å². The Kier molecular flexibility index (Phi) is 13.7. The lowest BCUT2D eigenvalue weighted by atomic mass is 9.80. The topological polar surface area (TPSA) is 54.9 Å². The summed E-state index contributed by atoms with van der Waals surface area (Å²) in [5.41, 5.74) is 0. The molecule has 2 unspecified atom stereocenters. The summed E-state index contributed by atoms with van der Waals surface area (Å²) in [5, 5.41) is 6.82. The molecule has 1 aliphatic carbocycles. The Bertz CT molecular complexity index is 376. The number of hydrogen-bond donors (Lipinski definition) is 2. The minimum Gasteiger partial charge on any atom is -0.381 e. The molecule has 2 aliphatic rings. The zero-order chi connectivity index (χ0) is 17.7. The first-order valence-corrected chi connectivity index (χ1v) is 10.5. The lowest BCUT2D eigenvalue weighted by Gasteiger charge is -2.27. The molecule has 0 aromatic rings. The Morgan fingerprint density at radius 2 is 1.88 bits per heavy atom. The van der Waals surface area contributed by atoms with E-state index in [2.05, 4.69) is 24.5 Å². The van der Waals surface area contributed by atoms with E-state index in [9.17, 15) is 0 Å². The summed E-state index contributed by atoms with van der Waals surface area (Å²) in [6.45, 7) is 10.8. The number of ether oxygens (including phenoxy) is 2. The van der Waals surface area contributed by atoms with Gasteiger partial charge in [0.2, 0.25) is 0 Å². The molecule has 1 aliphatic heterocycles. The summed E-state index contributed by atoms with van der Waals surface area (Å²) < 4.78 is 11.2. The lowest BCUT2D eigenvalue weighted by Crippen LogP contribution is -2.38. The monoisotopic (exact) mass is 481 g/mol. The van der Waals surface area contributed by atoms with Crippen LogP contribution in [0.1, 0.15) is 58.8 Å². The van der Waals surface area contributed by atoms with Crippen LogP contribution >= 0.6 is 24.0 Å². The number of nitrogens with one attached hydrogen (secondary N) is 2. The number of halogens is 1. The second-order valence-corrected chi connectivity index (χ2v) is 7.65. The third-order valence-corrected chi connectivity index (χ3v) is 5.57. The minimum absolute atomic E-state index is 0. The molecule has 26 heavy (non-hydrogen) atoms. The molecule has 0 aromatic carbocycles. The molecule has 2 atom stereocenters. The fraction of sp³-hybridized carbons (Fsp3) is 0.950. The van der Waals surface area contributed by atoms with E-state index in [-0.39, 0.29) is 24.0 Å². The van der Waals surface area contributed by atoms with Crippen molar-refractivity contribution >= 4 is 29.9 Å². The first kappa shape index (κ1) is 24.0. The Balaban J connectivity index is 0.00000338. The van der Waals surface area contributed by atoms with Crippen molar-refractivity contribution < 1.29 is 9.47 Å². The van der Waals surface area contributed by atoms with Crippen LogP contribution in [0.3, 0.4) is 0 Å². The molecule has 6 heteroatoms. The lowest BCUT2D eigenvalue weighted by molar-refractivity contribution is 0.0203. The van der Waals surface area contributed by atoms with Crippen LogP contribution < -0.4 is 10.6 Å². The van der Waals surface area contributed by atoms with Gasteiger partial charge in [0.1, 0.15) is 0 Å². The van der Waals surface area contributed by atoms with Crippen LogP contribution in [-0.2, 0) is 9.47 Å². The van der Waals surface area contributed by atoms with Gasteiger partial charge in [-0.2, -0.15) is 0 Å². The molecule has 0 amide bonds. The van der Waals surface area contributed by atoms with Gasteiger partial charge in [-0.1, -0.05) is 26.2 Å². The van der Waals surface area contributed by atoms with Crippen LogP contribution in [0.25, 0.3) is 0 Å². The summed E-state index contributed by atoms with van der Waals surface area (Å²) >= 11 is 0. The van der Waals surface area contributed by atoms with Crippen molar-refractivity contribution in [1.29, 1.82) is 0 Å². The molecule has 0 radical (unpaired) electrons. The number of nitrogens with zero attached hydrogens (tertiary/aromatic N) is 1. The van der Waals surface area contributed by atoms with Gasteiger partial charge < -0.3 is 20.1 Å². The van der Waals surface area contributed by atoms with Crippen molar-refractivity contribution in [2.75, 3.05) is 46.1 Å². The zero-order valence-electron chi connectivity index (χ0n) is 16.8.